The number of rotatable bonds is 4. The molecule has 7 heteroatoms. The van der Waals surface area contributed by atoms with E-state index in [0.717, 1.165) is 33.2 Å². The van der Waals surface area contributed by atoms with E-state index in [1.54, 1.807) is 0 Å². The highest BCUT2D eigenvalue weighted by Gasteiger charge is 2.67. The van der Waals surface area contributed by atoms with Gasteiger partial charge in [0.2, 0.25) is 5.91 Å². The summed E-state index contributed by atoms with van der Waals surface area (Å²) < 4.78 is 0. The smallest absolute Gasteiger partial charge is 0.273 e. The lowest BCUT2D eigenvalue weighted by atomic mass is 9.49. The number of amides is 1. The molecule has 0 saturated heterocycles. The second kappa shape index (κ2) is 8.07. The number of nitrogens with zero attached hydrogens (tertiary/aromatic N) is 2. The van der Waals surface area contributed by atoms with Crippen LogP contribution in [0.15, 0.2) is 96.4 Å². The van der Waals surface area contributed by atoms with Crippen LogP contribution in [0.3, 0.4) is 0 Å². The molecule has 0 saturated carbocycles. The number of carbonyl (C=O) groups excluding carboxylic acids is 1. The number of aromatic nitrogens is 1. The summed E-state index contributed by atoms with van der Waals surface area (Å²) in [6.45, 7) is 1.86. The van der Waals surface area contributed by atoms with E-state index < -0.39 is 11.0 Å². The van der Waals surface area contributed by atoms with Gasteiger partial charge in [0.05, 0.1) is 11.1 Å². The zero-order chi connectivity index (χ0) is 26.1. The molecule has 0 fully saturated rings. The largest absolute Gasteiger partial charge is 0.301 e. The predicted molar refractivity (Wildman–Crippen MR) is 149 cm³/mol. The fraction of sp³-hybridized carbons (Fsp3) is 0.161. The van der Waals surface area contributed by atoms with Gasteiger partial charge in [0.25, 0.3) is 5.54 Å². The summed E-state index contributed by atoms with van der Waals surface area (Å²) in [4.78, 5) is 31.5. The van der Waals surface area contributed by atoms with Gasteiger partial charge in [-0.1, -0.05) is 91.0 Å². The van der Waals surface area contributed by atoms with Gasteiger partial charge < -0.3 is 5.32 Å². The van der Waals surface area contributed by atoms with E-state index in [9.17, 15) is 14.9 Å². The first kappa shape index (κ1) is 22.8. The zero-order valence-electron chi connectivity index (χ0n) is 20.5. The summed E-state index contributed by atoms with van der Waals surface area (Å²) in [6.07, 6.45) is 0.0824. The van der Waals surface area contributed by atoms with Crippen LogP contribution in [-0.4, -0.2) is 15.8 Å². The second-order valence-corrected chi connectivity index (χ2v) is 11.2. The number of anilines is 1. The molecule has 1 atom stereocenters. The topological polar surface area (TPSA) is 85.1 Å². The summed E-state index contributed by atoms with van der Waals surface area (Å²) >= 11 is 1.36. The van der Waals surface area contributed by atoms with Crippen LogP contribution in [0, 0.1) is 15.5 Å². The molecule has 1 unspecified atom stereocenters. The van der Waals surface area contributed by atoms with Crippen LogP contribution >= 0.6 is 11.3 Å². The van der Waals surface area contributed by atoms with E-state index in [-0.39, 0.29) is 23.2 Å². The maximum Gasteiger partial charge on any atom is 0.273 e. The molecule has 38 heavy (non-hydrogen) atoms. The quantitative estimate of drug-likeness (QED) is 0.206. The molecule has 8 rings (SSSR count). The van der Waals surface area contributed by atoms with Gasteiger partial charge in [0.15, 0.2) is 5.13 Å². The van der Waals surface area contributed by atoms with Crippen LogP contribution in [0.25, 0.3) is 22.0 Å². The number of thiazole rings is 1. The van der Waals surface area contributed by atoms with Crippen molar-refractivity contribution in [1.82, 2.24) is 4.98 Å². The van der Waals surface area contributed by atoms with E-state index >= 15 is 0 Å². The zero-order valence-corrected chi connectivity index (χ0v) is 21.4. The minimum Gasteiger partial charge on any atom is -0.301 e. The number of hydrogen-bond donors (Lipinski definition) is 1. The van der Waals surface area contributed by atoms with Crippen molar-refractivity contribution in [1.29, 1.82) is 0 Å². The molecule has 0 aliphatic heterocycles. The lowest BCUT2D eigenvalue weighted by Crippen LogP contribution is -2.57. The van der Waals surface area contributed by atoms with Crippen LogP contribution in [0.4, 0.5) is 5.13 Å². The summed E-state index contributed by atoms with van der Waals surface area (Å²) in [5, 5.41) is 20.5. The number of hydrogen-bond acceptors (Lipinski definition) is 5. The minimum absolute atomic E-state index is 0.0824. The Balaban J connectivity index is 1.30. The van der Waals surface area contributed by atoms with Crippen LogP contribution in [0.5, 0.6) is 0 Å². The Morgan fingerprint density at radius 1 is 0.947 bits per heavy atom. The Kier molecular flexibility index (Phi) is 4.84. The Morgan fingerprint density at radius 3 is 2.29 bits per heavy atom. The first-order chi connectivity index (χ1) is 18.4. The van der Waals surface area contributed by atoms with Crippen LogP contribution in [0.2, 0.25) is 0 Å². The molecule has 1 N–H and O–H groups in total. The molecular formula is C31H23N3O3S. The van der Waals surface area contributed by atoms with Gasteiger partial charge in [0, 0.05) is 39.3 Å². The van der Waals surface area contributed by atoms with Gasteiger partial charge in [-0.3, -0.25) is 14.9 Å². The van der Waals surface area contributed by atoms with Crippen molar-refractivity contribution >= 4 is 33.1 Å². The Morgan fingerprint density at radius 2 is 1.58 bits per heavy atom. The third-order valence-corrected chi connectivity index (χ3v) is 9.07. The van der Waals surface area contributed by atoms with Gasteiger partial charge in [-0.15, -0.1) is 11.3 Å². The van der Waals surface area contributed by atoms with E-state index in [0.29, 0.717) is 16.3 Å². The fourth-order valence-electron chi connectivity index (χ4n) is 6.69. The van der Waals surface area contributed by atoms with E-state index in [2.05, 4.69) is 23.5 Å². The average Bonchev–Trinajstić information content (AvgIpc) is 3.41. The molecule has 2 bridgehead atoms. The van der Waals surface area contributed by atoms with Crippen LogP contribution < -0.4 is 5.32 Å². The normalized spacial score (nSPS) is 23.0. The van der Waals surface area contributed by atoms with Crippen molar-refractivity contribution in [2.45, 2.75) is 24.8 Å². The van der Waals surface area contributed by atoms with Crippen molar-refractivity contribution in [2.24, 2.45) is 5.41 Å². The van der Waals surface area contributed by atoms with Crippen molar-refractivity contribution < 1.29 is 9.72 Å². The van der Waals surface area contributed by atoms with E-state index in [1.807, 2.05) is 85.1 Å². The van der Waals surface area contributed by atoms with Crippen LogP contribution in [-0.2, 0) is 10.3 Å². The van der Waals surface area contributed by atoms with Gasteiger partial charge >= 0.3 is 0 Å². The fourth-order valence-corrected chi connectivity index (χ4v) is 7.40. The van der Waals surface area contributed by atoms with Gasteiger partial charge in [0.1, 0.15) is 0 Å². The number of fused-ring (bicyclic) bond motifs is 2. The highest BCUT2D eigenvalue weighted by molar-refractivity contribution is 7.14. The highest BCUT2D eigenvalue weighted by Crippen LogP contribution is 2.64. The lowest BCUT2D eigenvalue weighted by Gasteiger charge is -2.52. The summed E-state index contributed by atoms with van der Waals surface area (Å²) in [6, 6.07) is 29.2. The average molecular weight is 518 g/mol. The monoisotopic (exact) mass is 517 g/mol. The van der Waals surface area contributed by atoms with Gasteiger partial charge in [-0.2, -0.15) is 0 Å². The van der Waals surface area contributed by atoms with Crippen molar-refractivity contribution in [2.75, 3.05) is 5.32 Å². The number of nitro groups is 1. The molecule has 186 valence electrons. The summed E-state index contributed by atoms with van der Waals surface area (Å²) in [5.74, 6) is -0.550. The first-order valence-electron chi connectivity index (χ1n) is 12.5. The molecule has 1 aromatic heterocycles. The summed E-state index contributed by atoms with van der Waals surface area (Å²) in [7, 11) is 0. The van der Waals surface area contributed by atoms with Gasteiger partial charge in [-0.05, 0) is 28.8 Å². The third kappa shape index (κ3) is 2.99. The van der Waals surface area contributed by atoms with Crippen molar-refractivity contribution in [3.63, 3.8) is 0 Å². The molecule has 6 nitrogen and oxygen atoms in total. The third-order valence-electron chi connectivity index (χ3n) is 8.32. The van der Waals surface area contributed by atoms with Crippen molar-refractivity contribution in [3.8, 4) is 11.3 Å². The van der Waals surface area contributed by atoms with Crippen LogP contribution in [0.1, 0.15) is 41.5 Å². The highest BCUT2D eigenvalue weighted by atomic mass is 32.1. The molecule has 3 aliphatic rings. The molecule has 4 aromatic carbocycles. The Hall–Kier alpha value is -4.36. The maximum absolute atomic E-state index is 14.1. The molecular weight excluding hydrogens is 494 g/mol. The lowest BCUT2D eigenvalue weighted by molar-refractivity contribution is -0.573. The SMILES string of the molecule is CC1(C(=O)Nc2nc(-c3cccc4ccccc34)cs2)CC2([N+](=O)[O-])c3ccccc3C1c1ccccc12. The number of carbonyl (C=O) groups is 1. The molecule has 5 aromatic rings. The number of nitrogens with one attached hydrogen (secondary N) is 1. The van der Waals surface area contributed by atoms with E-state index in [4.69, 9.17) is 4.98 Å². The second-order valence-electron chi connectivity index (χ2n) is 10.3. The Labute approximate surface area is 223 Å². The summed E-state index contributed by atoms with van der Waals surface area (Å²) in [5.41, 5.74) is 2.34. The molecule has 0 spiro atoms. The molecule has 3 aliphatic carbocycles. The molecule has 0 radical (unpaired) electrons. The van der Waals surface area contributed by atoms with E-state index in [1.165, 1.54) is 11.3 Å². The Bertz CT molecular complexity index is 1720. The maximum atomic E-state index is 14.1. The molecule has 1 amide bonds. The standard InChI is InChI=1S/C31H23N3O3S/c1-30(28(35)33-29-32-26(17-38-29)21-14-8-10-19-9-2-3-11-20(19)21)18-31(34(36)37)24-15-6-4-12-22(24)27(30)23-13-5-7-16-25(23)31/h2-17,27H,18H2,1H3,(H,32,33,35). The van der Waals surface area contributed by atoms with Gasteiger partial charge in [-0.25, -0.2) is 4.98 Å². The van der Waals surface area contributed by atoms with Crippen molar-refractivity contribution in [3.05, 3.63) is 129 Å². The predicted octanol–water partition coefficient (Wildman–Crippen LogP) is 6.98. The number of benzene rings is 4. The first-order valence-corrected chi connectivity index (χ1v) is 13.4. The molecule has 1 heterocycles. The minimum atomic E-state index is -1.48.